The Hall–Kier alpha value is -0.660. The summed E-state index contributed by atoms with van der Waals surface area (Å²) in [6.45, 7) is 10.6. The zero-order chi connectivity index (χ0) is 28.2. The molecule has 0 radical (unpaired) electrons. The quantitative estimate of drug-likeness (QED) is 0.0826. The van der Waals surface area contributed by atoms with Crippen molar-refractivity contribution in [1.29, 1.82) is 0 Å². The molecule has 2 heteroatoms. The van der Waals surface area contributed by atoms with Crippen molar-refractivity contribution in [2.75, 3.05) is 6.54 Å². The molecule has 0 aromatic heterocycles. The summed E-state index contributed by atoms with van der Waals surface area (Å²) in [5.74, 6) is 0. The minimum Gasteiger partial charge on any atom is -0.356 e. The fourth-order valence-electron chi connectivity index (χ4n) is 6.42. The molecule has 1 aliphatic rings. The van der Waals surface area contributed by atoms with Gasteiger partial charge in [-0.2, -0.15) is 0 Å². The van der Waals surface area contributed by atoms with E-state index in [2.05, 4.69) is 49.9 Å². The number of hydrogen-bond donors (Lipinski definition) is 0. The third kappa shape index (κ3) is 20.8. The molecule has 0 spiro atoms. The van der Waals surface area contributed by atoms with Crippen LogP contribution < -0.4 is 0 Å². The van der Waals surface area contributed by atoms with Crippen molar-refractivity contribution in [2.45, 2.75) is 220 Å². The van der Waals surface area contributed by atoms with Crippen LogP contribution in [0.25, 0.3) is 0 Å². The van der Waals surface area contributed by atoms with Crippen molar-refractivity contribution in [3.05, 3.63) is 12.4 Å². The number of hydrogen-bond acceptors (Lipinski definition) is 2. The van der Waals surface area contributed by atoms with Gasteiger partial charge in [0.1, 0.15) is 6.17 Å². The van der Waals surface area contributed by atoms with Gasteiger partial charge in [0, 0.05) is 25.0 Å². The summed E-state index contributed by atoms with van der Waals surface area (Å²) in [5.41, 5.74) is 0. The van der Waals surface area contributed by atoms with E-state index in [9.17, 15) is 0 Å². The Balaban J connectivity index is 1.98. The first kappa shape index (κ1) is 36.4. The molecule has 1 atom stereocenters. The Morgan fingerprint density at radius 2 is 0.769 bits per heavy atom. The molecule has 0 fully saturated rings. The van der Waals surface area contributed by atoms with Gasteiger partial charge in [0.2, 0.25) is 0 Å². The Morgan fingerprint density at radius 3 is 1.13 bits per heavy atom. The highest BCUT2D eigenvalue weighted by molar-refractivity contribution is 4.98. The van der Waals surface area contributed by atoms with Crippen molar-refractivity contribution < 1.29 is 0 Å². The molecule has 39 heavy (non-hydrogen) atoms. The molecule has 0 aromatic rings. The van der Waals surface area contributed by atoms with Crippen molar-refractivity contribution in [1.82, 2.24) is 9.80 Å². The summed E-state index contributed by atoms with van der Waals surface area (Å²) in [6.07, 6.45) is 45.7. The van der Waals surface area contributed by atoms with Crippen LogP contribution >= 0.6 is 0 Å². The maximum absolute atomic E-state index is 2.66. The lowest BCUT2D eigenvalue weighted by Gasteiger charge is -2.35. The van der Waals surface area contributed by atoms with Crippen LogP contribution in [0.15, 0.2) is 12.4 Å². The van der Waals surface area contributed by atoms with Crippen LogP contribution in [0.2, 0.25) is 0 Å². The Kier molecular flexibility index (Phi) is 25.6. The molecule has 0 N–H and O–H groups in total. The van der Waals surface area contributed by atoms with E-state index in [1.54, 1.807) is 0 Å². The molecule has 1 rings (SSSR count). The van der Waals surface area contributed by atoms with E-state index >= 15 is 0 Å². The minimum atomic E-state index is 0.606. The molecular weight excluding hydrogens is 472 g/mol. The Morgan fingerprint density at radius 1 is 0.436 bits per heavy atom. The van der Waals surface area contributed by atoms with Gasteiger partial charge in [-0.3, -0.25) is 0 Å². The van der Waals surface area contributed by atoms with E-state index < -0.39 is 0 Å². The van der Waals surface area contributed by atoms with E-state index in [0.29, 0.717) is 12.2 Å². The van der Waals surface area contributed by atoms with Crippen LogP contribution in [0, 0.1) is 0 Å². The molecule has 1 aliphatic heterocycles. The fourth-order valence-corrected chi connectivity index (χ4v) is 6.42. The molecule has 1 heterocycles. The van der Waals surface area contributed by atoms with Gasteiger partial charge < -0.3 is 9.80 Å². The van der Waals surface area contributed by atoms with Crippen molar-refractivity contribution >= 4 is 0 Å². The summed E-state index contributed by atoms with van der Waals surface area (Å²) in [7, 11) is 0. The first-order valence-corrected chi connectivity index (χ1v) is 18.4. The van der Waals surface area contributed by atoms with E-state index in [1.807, 2.05) is 0 Å². The average Bonchev–Trinajstić information content (AvgIpc) is 3.34. The van der Waals surface area contributed by atoms with Crippen LogP contribution in [0.5, 0.6) is 0 Å². The fraction of sp³-hybridized carbons (Fsp3) is 0.946. The summed E-state index contributed by atoms with van der Waals surface area (Å²) in [4.78, 5) is 5.28. The molecule has 0 saturated carbocycles. The first-order valence-electron chi connectivity index (χ1n) is 18.4. The number of nitrogens with zero attached hydrogens (tertiary/aromatic N) is 2. The third-order valence-electron chi connectivity index (χ3n) is 9.09. The highest BCUT2D eigenvalue weighted by Crippen LogP contribution is 2.25. The van der Waals surface area contributed by atoms with Crippen LogP contribution in [0.4, 0.5) is 0 Å². The summed E-state index contributed by atoms with van der Waals surface area (Å²) in [5, 5.41) is 0. The van der Waals surface area contributed by atoms with Gasteiger partial charge in [-0.1, -0.05) is 174 Å². The van der Waals surface area contributed by atoms with Gasteiger partial charge in [0.15, 0.2) is 0 Å². The lowest BCUT2D eigenvalue weighted by Crippen LogP contribution is -2.42. The number of rotatable bonds is 30. The molecule has 0 aliphatic carbocycles. The molecule has 2 nitrogen and oxygen atoms in total. The zero-order valence-electron chi connectivity index (χ0n) is 27.7. The average molecular weight is 547 g/mol. The van der Waals surface area contributed by atoms with Crippen LogP contribution in [-0.4, -0.2) is 28.6 Å². The number of unbranched alkanes of at least 4 members (excludes halogenated alkanes) is 25. The van der Waals surface area contributed by atoms with Crippen molar-refractivity contribution in [3.8, 4) is 0 Å². The maximum atomic E-state index is 2.66. The topological polar surface area (TPSA) is 6.48 Å². The van der Waals surface area contributed by atoms with Gasteiger partial charge in [0.25, 0.3) is 0 Å². The highest BCUT2D eigenvalue weighted by Gasteiger charge is 2.26. The van der Waals surface area contributed by atoms with Gasteiger partial charge in [-0.05, 0) is 33.1 Å². The van der Waals surface area contributed by atoms with E-state index in [0.717, 1.165) is 0 Å². The molecule has 0 aromatic carbocycles. The summed E-state index contributed by atoms with van der Waals surface area (Å²) in [6, 6.07) is 0.606. The Labute approximate surface area is 248 Å². The second-order valence-electron chi connectivity index (χ2n) is 13.2. The van der Waals surface area contributed by atoms with Crippen LogP contribution in [-0.2, 0) is 0 Å². The van der Waals surface area contributed by atoms with Crippen molar-refractivity contribution in [3.63, 3.8) is 0 Å². The molecule has 0 bridgehead atoms. The third-order valence-corrected chi connectivity index (χ3v) is 9.09. The normalized spacial score (nSPS) is 15.4. The standard InChI is InChI=1S/C37H74N2/c1-5-7-9-11-13-15-17-18-19-20-21-22-23-24-26-28-30-32-37-38(34-35-39(37)36(3)4)33-31-29-27-25-16-14-12-10-8-6-2/h34-37H,5-33H2,1-4H3. The molecule has 232 valence electrons. The largest absolute Gasteiger partial charge is 0.356 e. The second kappa shape index (κ2) is 27.5. The molecule has 0 amide bonds. The predicted octanol–water partition coefficient (Wildman–Crippen LogP) is 12.8. The summed E-state index contributed by atoms with van der Waals surface area (Å²) < 4.78 is 0. The van der Waals surface area contributed by atoms with Crippen LogP contribution in [0.3, 0.4) is 0 Å². The summed E-state index contributed by atoms with van der Waals surface area (Å²) >= 11 is 0. The van der Waals surface area contributed by atoms with Gasteiger partial charge in [0.05, 0.1) is 0 Å². The van der Waals surface area contributed by atoms with Gasteiger partial charge in [-0.15, -0.1) is 0 Å². The highest BCUT2D eigenvalue weighted by atomic mass is 15.4. The lowest BCUT2D eigenvalue weighted by molar-refractivity contribution is 0.114. The van der Waals surface area contributed by atoms with Gasteiger partial charge >= 0.3 is 0 Å². The zero-order valence-corrected chi connectivity index (χ0v) is 27.7. The molecule has 0 saturated heterocycles. The second-order valence-corrected chi connectivity index (χ2v) is 13.2. The first-order chi connectivity index (χ1) is 19.2. The van der Waals surface area contributed by atoms with E-state index in [4.69, 9.17) is 0 Å². The molecular formula is C37H74N2. The smallest absolute Gasteiger partial charge is 0.101 e. The predicted molar refractivity (Wildman–Crippen MR) is 177 cm³/mol. The maximum Gasteiger partial charge on any atom is 0.101 e. The molecule has 1 unspecified atom stereocenters. The Bertz CT molecular complexity index is 514. The van der Waals surface area contributed by atoms with Crippen molar-refractivity contribution in [2.24, 2.45) is 0 Å². The van der Waals surface area contributed by atoms with Crippen LogP contribution in [0.1, 0.15) is 207 Å². The monoisotopic (exact) mass is 547 g/mol. The SMILES string of the molecule is CCCCCCCCCCCCCCCCCCCC1N(CCCCCCCCCCCC)C=CN1C(C)C. The minimum absolute atomic E-state index is 0.606. The van der Waals surface area contributed by atoms with Gasteiger partial charge in [-0.25, -0.2) is 0 Å². The van der Waals surface area contributed by atoms with E-state index in [-0.39, 0.29) is 0 Å². The van der Waals surface area contributed by atoms with E-state index in [1.165, 1.54) is 186 Å². The lowest BCUT2D eigenvalue weighted by atomic mass is 10.0.